The van der Waals surface area contributed by atoms with Gasteiger partial charge in [-0.2, -0.15) is 4.98 Å². The molecule has 1 N–H and O–H groups in total. The van der Waals surface area contributed by atoms with Crippen LogP contribution in [0, 0.1) is 13.8 Å². The van der Waals surface area contributed by atoms with Crippen LogP contribution in [0.15, 0.2) is 47.6 Å². The number of ether oxygens (including phenoxy) is 1. The van der Waals surface area contributed by atoms with Gasteiger partial charge in [0.25, 0.3) is 5.78 Å². The fraction of sp³-hybridized carbons (Fsp3) is 0.227. The Labute approximate surface area is 193 Å². The first-order valence-electron chi connectivity index (χ1n) is 9.94. The van der Waals surface area contributed by atoms with Crippen LogP contribution in [-0.2, 0) is 9.53 Å². The van der Waals surface area contributed by atoms with Crippen molar-refractivity contribution in [1.82, 2.24) is 19.6 Å². The molecule has 8 nitrogen and oxygen atoms in total. The van der Waals surface area contributed by atoms with Crippen LogP contribution in [0.4, 0.5) is 5.69 Å². The first kappa shape index (κ1) is 22.0. The van der Waals surface area contributed by atoms with Crippen LogP contribution in [0.25, 0.3) is 16.2 Å². The van der Waals surface area contributed by atoms with Gasteiger partial charge in [0, 0.05) is 16.3 Å². The van der Waals surface area contributed by atoms with Crippen LogP contribution >= 0.6 is 23.1 Å². The number of thiophene rings is 1. The topological polar surface area (TPSA) is 98.5 Å². The van der Waals surface area contributed by atoms with Crippen LogP contribution < -0.4 is 5.32 Å². The Balaban J connectivity index is 1.50. The summed E-state index contributed by atoms with van der Waals surface area (Å²) in [6.45, 7) is 5.83. The van der Waals surface area contributed by atoms with Crippen molar-refractivity contribution in [1.29, 1.82) is 0 Å². The molecule has 0 unspecified atom stereocenters. The average molecular weight is 468 g/mol. The third kappa shape index (κ3) is 4.81. The molecule has 3 heterocycles. The van der Waals surface area contributed by atoms with Crippen LogP contribution in [0.1, 0.15) is 28.0 Å². The minimum atomic E-state index is -0.457. The number of fused-ring (bicyclic) bond motifs is 1. The molecule has 0 fully saturated rings. The van der Waals surface area contributed by atoms with Crippen molar-refractivity contribution in [3.8, 4) is 10.4 Å². The van der Waals surface area contributed by atoms with Gasteiger partial charge in [0.05, 0.1) is 18.0 Å². The van der Waals surface area contributed by atoms with Gasteiger partial charge in [-0.25, -0.2) is 14.3 Å². The number of carbonyl (C=O) groups is 2. The summed E-state index contributed by atoms with van der Waals surface area (Å²) < 4.78 is 6.82. The molecule has 0 aliphatic heterocycles. The number of anilines is 1. The number of aryl methyl sites for hydroxylation is 2. The summed E-state index contributed by atoms with van der Waals surface area (Å²) in [6, 6.07) is 13.4. The summed E-state index contributed by atoms with van der Waals surface area (Å²) >= 11 is 2.50. The number of hydrogen-bond donors (Lipinski definition) is 1. The number of thioether (sulfide) groups is 1. The van der Waals surface area contributed by atoms with E-state index in [4.69, 9.17) is 4.74 Å². The van der Waals surface area contributed by atoms with E-state index in [1.165, 1.54) is 23.1 Å². The molecule has 0 atom stereocenters. The van der Waals surface area contributed by atoms with Crippen LogP contribution in [0.5, 0.6) is 0 Å². The average Bonchev–Trinajstić information content (AvgIpc) is 3.37. The lowest BCUT2D eigenvalue weighted by molar-refractivity contribution is -0.113. The molecule has 0 bridgehead atoms. The number of carbonyl (C=O) groups excluding carboxylic acids is 2. The monoisotopic (exact) mass is 467 g/mol. The van der Waals surface area contributed by atoms with Gasteiger partial charge < -0.3 is 10.1 Å². The van der Waals surface area contributed by atoms with Gasteiger partial charge in [0.1, 0.15) is 4.88 Å². The fourth-order valence-corrected chi connectivity index (χ4v) is 4.73. The van der Waals surface area contributed by atoms with E-state index in [1.54, 1.807) is 17.5 Å². The fourth-order valence-electron chi connectivity index (χ4n) is 3.10. The van der Waals surface area contributed by atoms with E-state index < -0.39 is 5.97 Å². The molecule has 0 saturated carbocycles. The molecule has 32 heavy (non-hydrogen) atoms. The molecule has 4 rings (SSSR count). The number of esters is 1. The summed E-state index contributed by atoms with van der Waals surface area (Å²) in [5, 5.41) is 7.70. The predicted molar refractivity (Wildman–Crippen MR) is 125 cm³/mol. The zero-order chi connectivity index (χ0) is 22.7. The third-order valence-corrected chi connectivity index (χ3v) is 6.46. The Morgan fingerprint density at radius 1 is 1.16 bits per heavy atom. The number of benzene rings is 1. The van der Waals surface area contributed by atoms with Gasteiger partial charge in [-0.3, -0.25) is 4.79 Å². The highest BCUT2D eigenvalue weighted by molar-refractivity contribution is 7.99. The number of aromatic nitrogens is 4. The highest BCUT2D eigenvalue weighted by Gasteiger charge is 2.20. The molecular formula is C22H21N5O3S2. The van der Waals surface area contributed by atoms with Crippen molar-refractivity contribution in [2.75, 3.05) is 17.7 Å². The zero-order valence-electron chi connectivity index (χ0n) is 17.8. The minimum Gasteiger partial charge on any atom is -0.462 e. The first-order valence-corrected chi connectivity index (χ1v) is 11.7. The maximum Gasteiger partial charge on any atom is 0.350 e. The third-order valence-electron chi connectivity index (χ3n) is 4.46. The Morgan fingerprint density at radius 2 is 1.94 bits per heavy atom. The van der Waals surface area contributed by atoms with Gasteiger partial charge in [0.15, 0.2) is 0 Å². The standard InChI is InChI=1S/C22H21N5O3S2/c1-4-30-20(29)19-16(11-17(32-19)15-8-6-5-7-9-15)24-18(28)12-31-22-25-21-23-13(2)10-14(3)27(21)26-22/h5-11H,4,12H2,1-3H3,(H,24,28). The molecule has 0 spiro atoms. The van der Waals surface area contributed by atoms with Crippen molar-refractivity contribution in [3.05, 3.63) is 58.7 Å². The number of nitrogens with one attached hydrogen (secondary N) is 1. The SMILES string of the molecule is CCOC(=O)c1sc(-c2ccccc2)cc1NC(=O)CSc1nc2nc(C)cc(C)n2n1. The van der Waals surface area contributed by atoms with Crippen molar-refractivity contribution in [3.63, 3.8) is 0 Å². The molecule has 1 aromatic carbocycles. The van der Waals surface area contributed by atoms with Crippen LogP contribution in [0.2, 0.25) is 0 Å². The molecule has 10 heteroatoms. The highest BCUT2D eigenvalue weighted by Crippen LogP contribution is 2.35. The van der Waals surface area contributed by atoms with E-state index in [9.17, 15) is 9.59 Å². The molecular weight excluding hydrogens is 446 g/mol. The Bertz CT molecular complexity index is 1280. The van der Waals surface area contributed by atoms with E-state index in [2.05, 4.69) is 20.4 Å². The van der Waals surface area contributed by atoms with Crippen LogP contribution in [0.3, 0.4) is 0 Å². The Hall–Kier alpha value is -3.24. The molecule has 0 saturated heterocycles. The lowest BCUT2D eigenvalue weighted by Crippen LogP contribution is -2.16. The van der Waals surface area contributed by atoms with Gasteiger partial charge in [0.2, 0.25) is 11.1 Å². The maximum atomic E-state index is 12.6. The van der Waals surface area contributed by atoms with Gasteiger partial charge >= 0.3 is 5.97 Å². The summed E-state index contributed by atoms with van der Waals surface area (Å²) in [4.78, 5) is 35.0. The van der Waals surface area contributed by atoms with E-state index in [1.807, 2.05) is 50.2 Å². The summed E-state index contributed by atoms with van der Waals surface area (Å²) in [5.74, 6) is -0.132. The molecule has 0 aliphatic rings. The van der Waals surface area contributed by atoms with E-state index in [0.717, 1.165) is 21.8 Å². The van der Waals surface area contributed by atoms with Gasteiger partial charge in [-0.15, -0.1) is 16.4 Å². The maximum absolute atomic E-state index is 12.6. The van der Waals surface area contributed by atoms with Crippen molar-refractivity contribution < 1.29 is 14.3 Å². The normalized spacial score (nSPS) is 11.0. The second-order valence-corrected chi connectivity index (χ2v) is 8.92. The largest absolute Gasteiger partial charge is 0.462 e. The highest BCUT2D eigenvalue weighted by atomic mass is 32.2. The molecule has 3 aromatic heterocycles. The van der Waals surface area contributed by atoms with Crippen molar-refractivity contribution in [2.45, 2.75) is 25.9 Å². The minimum absolute atomic E-state index is 0.0910. The quantitative estimate of drug-likeness (QED) is 0.318. The van der Waals surface area contributed by atoms with Crippen molar-refractivity contribution in [2.24, 2.45) is 0 Å². The van der Waals surface area contributed by atoms with Crippen LogP contribution in [-0.4, -0.2) is 43.8 Å². The summed E-state index contributed by atoms with van der Waals surface area (Å²) in [6.07, 6.45) is 0. The number of rotatable bonds is 7. The molecule has 0 radical (unpaired) electrons. The number of amides is 1. The Kier molecular flexibility index (Phi) is 6.52. The number of nitrogens with zero attached hydrogens (tertiary/aromatic N) is 4. The Morgan fingerprint density at radius 3 is 2.69 bits per heavy atom. The molecule has 0 aliphatic carbocycles. The number of hydrogen-bond acceptors (Lipinski definition) is 8. The first-order chi connectivity index (χ1) is 15.4. The lowest BCUT2D eigenvalue weighted by Gasteiger charge is -2.05. The second kappa shape index (κ2) is 9.49. The zero-order valence-corrected chi connectivity index (χ0v) is 19.4. The second-order valence-electron chi connectivity index (χ2n) is 6.92. The smallest absolute Gasteiger partial charge is 0.350 e. The summed E-state index contributed by atoms with van der Waals surface area (Å²) in [5.41, 5.74) is 3.18. The van der Waals surface area contributed by atoms with E-state index >= 15 is 0 Å². The lowest BCUT2D eigenvalue weighted by atomic mass is 10.2. The van der Waals surface area contributed by atoms with E-state index in [-0.39, 0.29) is 18.3 Å². The van der Waals surface area contributed by atoms with Gasteiger partial charge in [-0.05, 0) is 38.5 Å². The molecule has 1 amide bonds. The van der Waals surface area contributed by atoms with Gasteiger partial charge in [-0.1, -0.05) is 42.1 Å². The molecule has 4 aromatic rings. The summed E-state index contributed by atoms with van der Waals surface area (Å²) in [7, 11) is 0. The predicted octanol–water partition coefficient (Wildman–Crippen LogP) is 4.38. The molecule has 164 valence electrons. The van der Waals surface area contributed by atoms with E-state index in [0.29, 0.717) is 21.5 Å². The van der Waals surface area contributed by atoms with Crippen molar-refractivity contribution >= 4 is 46.4 Å².